The molecule has 0 aliphatic carbocycles. The minimum atomic E-state index is -0.597. The molecule has 0 atom stereocenters. The third kappa shape index (κ3) is 5.91. The van der Waals surface area contributed by atoms with Crippen molar-refractivity contribution in [2.45, 2.75) is 60.0 Å². The van der Waals surface area contributed by atoms with Gasteiger partial charge in [-0.2, -0.15) is 0 Å². The Hall–Kier alpha value is -4.72. The highest BCUT2D eigenvalue weighted by Crippen LogP contribution is 2.30. The van der Waals surface area contributed by atoms with Gasteiger partial charge in [0.2, 0.25) is 0 Å². The van der Waals surface area contributed by atoms with Crippen LogP contribution in [0.1, 0.15) is 55.4 Å². The van der Waals surface area contributed by atoms with Gasteiger partial charge in [-0.25, -0.2) is 9.78 Å². The molecule has 0 saturated carbocycles. The van der Waals surface area contributed by atoms with Gasteiger partial charge >= 0.3 is 5.76 Å². The summed E-state index contributed by atoms with van der Waals surface area (Å²) in [6.45, 7) is 9.95. The molecule has 3 aromatic carbocycles. The Balaban J connectivity index is 1.50. The Bertz CT molecular complexity index is 1800. The summed E-state index contributed by atoms with van der Waals surface area (Å²) in [7, 11) is 0. The Morgan fingerprint density at radius 2 is 1.71 bits per heavy atom. The molecule has 5 aromatic rings. The largest absolute Gasteiger partial charge is 0.491 e. The molecule has 0 fully saturated rings. The molecule has 0 unspecified atom stereocenters. The molecule has 8 nitrogen and oxygen atoms in total. The summed E-state index contributed by atoms with van der Waals surface area (Å²) in [5, 5.41) is 3.85. The van der Waals surface area contributed by atoms with Crippen molar-refractivity contribution in [3.63, 3.8) is 0 Å². The SMILES string of the molecule is CCCc1nc(C)n(-c2ccc(OC(C)C)c(C)c2)c(=O)c1Cc1ccc(-c2ccccc2-c2noc(=O)[nH]2)cc1. The first-order valence-electron chi connectivity index (χ1n) is 13.9. The number of rotatable bonds is 9. The molecule has 0 aliphatic heterocycles. The third-order valence-corrected chi connectivity index (χ3v) is 6.96. The number of hydrogen-bond acceptors (Lipinski definition) is 6. The molecule has 0 spiro atoms. The van der Waals surface area contributed by atoms with Crippen molar-refractivity contribution in [3.8, 4) is 34.0 Å². The van der Waals surface area contributed by atoms with Crippen LogP contribution >= 0.6 is 0 Å². The first kappa shape index (κ1) is 27.8. The van der Waals surface area contributed by atoms with Gasteiger partial charge in [-0.15, -0.1) is 0 Å². The van der Waals surface area contributed by atoms with Gasteiger partial charge < -0.3 is 4.74 Å². The maximum atomic E-state index is 14.0. The van der Waals surface area contributed by atoms with Crippen molar-refractivity contribution in [2.24, 2.45) is 0 Å². The van der Waals surface area contributed by atoms with Crippen molar-refractivity contribution in [3.05, 3.63) is 116 Å². The van der Waals surface area contributed by atoms with Crippen molar-refractivity contribution < 1.29 is 9.26 Å². The predicted molar refractivity (Wildman–Crippen MR) is 160 cm³/mol. The van der Waals surface area contributed by atoms with Crippen molar-refractivity contribution in [1.29, 1.82) is 0 Å². The average molecular weight is 551 g/mol. The van der Waals surface area contributed by atoms with Crippen LogP contribution in [0, 0.1) is 13.8 Å². The molecule has 2 heterocycles. The van der Waals surface area contributed by atoms with Crippen LogP contribution in [0.2, 0.25) is 0 Å². The van der Waals surface area contributed by atoms with E-state index in [-0.39, 0.29) is 11.7 Å². The van der Waals surface area contributed by atoms with Crippen LogP contribution < -0.4 is 16.1 Å². The van der Waals surface area contributed by atoms with Gasteiger partial charge in [0.15, 0.2) is 5.82 Å². The molecule has 1 N–H and O–H groups in total. The highest BCUT2D eigenvalue weighted by atomic mass is 16.5. The number of nitrogens with one attached hydrogen (secondary N) is 1. The molecule has 5 rings (SSSR count). The highest BCUT2D eigenvalue weighted by Gasteiger charge is 2.18. The number of ether oxygens (including phenoxy) is 1. The van der Waals surface area contributed by atoms with Crippen molar-refractivity contribution in [2.75, 3.05) is 0 Å². The lowest BCUT2D eigenvalue weighted by Gasteiger charge is -2.18. The molecular weight excluding hydrogens is 516 g/mol. The summed E-state index contributed by atoms with van der Waals surface area (Å²) >= 11 is 0. The van der Waals surface area contributed by atoms with Gasteiger partial charge in [0.25, 0.3) is 5.56 Å². The highest BCUT2D eigenvalue weighted by molar-refractivity contribution is 5.80. The fraction of sp³-hybridized carbons (Fsp3) is 0.273. The van der Waals surface area contributed by atoms with E-state index >= 15 is 0 Å². The predicted octanol–water partition coefficient (Wildman–Crippen LogP) is 6.19. The van der Waals surface area contributed by atoms with E-state index in [4.69, 9.17) is 14.2 Å². The number of hydrogen-bond donors (Lipinski definition) is 1. The Morgan fingerprint density at radius 1 is 0.976 bits per heavy atom. The Labute approximate surface area is 238 Å². The van der Waals surface area contributed by atoms with E-state index in [1.54, 1.807) is 4.57 Å². The molecule has 210 valence electrons. The Morgan fingerprint density at radius 3 is 2.34 bits per heavy atom. The van der Waals surface area contributed by atoms with Crippen LogP contribution in [0.15, 0.2) is 80.8 Å². The molecule has 0 aliphatic rings. The number of nitrogens with zero attached hydrogens (tertiary/aromatic N) is 3. The van der Waals surface area contributed by atoms with E-state index < -0.39 is 5.76 Å². The molecule has 0 bridgehead atoms. The fourth-order valence-electron chi connectivity index (χ4n) is 5.10. The number of aromatic amines is 1. The Kier molecular flexibility index (Phi) is 8.01. The molecule has 0 amide bonds. The number of benzene rings is 3. The molecule has 2 aromatic heterocycles. The topological polar surface area (TPSA) is 103 Å². The summed E-state index contributed by atoms with van der Waals surface area (Å²) < 4.78 is 12.3. The maximum Gasteiger partial charge on any atom is 0.439 e. The average Bonchev–Trinajstić information content (AvgIpc) is 3.38. The van der Waals surface area contributed by atoms with E-state index in [9.17, 15) is 9.59 Å². The fourth-order valence-corrected chi connectivity index (χ4v) is 5.10. The number of H-pyrrole nitrogens is 1. The molecule has 0 radical (unpaired) electrons. The minimum absolute atomic E-state index is 0.0534. The van der Waals surface area contributed by atoms with Gasteiger partial charge in [-0.05, 0) is 74.6 Å². The molecule has 41 heavy (non-hydrogen) atoms. The normalized spacial score (nSPS) is 11.3. The minimum Gasteiger partial charge on any atom is -0.491 e. The third-order valence-electron chi connectivity index (χ3n) is 6.96. The zero-order valence-electron chi connectivity index (χ0n) is 24.0. The van der Waals surface area contributed by atoms with Gasteiger partial charge in [0.05, 0.1) is 17.5 Å². The van der Waals surface area contributed by atoms with Gasteiger partial charge in [-0.3, -0.25) is 18.9 Å². The maximum absolute atomic E-state index is 14.0. The van der Waals surface area contributed by atoms with Crippen LogP contribution in [0.4, 0.5) is 0 Å². The van der Waals surface area contributed by atoms with Crippen LogP contribution in [0.25, 0.3) is 28.2 Å². The number of aromatic nitrogens is 4. The van der Waals surface area contributed by atoms with Crippen LogP contribution in [-0.4, -0.2) is 25.8 Å². The lowest BCUT2D eigenvalue weighted by atomic mass is 9.96. The summed E-state index contributed by atoms with van der Waals surface area (Å²) in [5.41, 5.74) is 6.87. The van der Waals surface area contributed by atoms with E-state index in [1.165, 1.54) is 0 Å². The second-order valence-corrected chi connectivity index (χ2v) is 10.5. The van der Waals surface area contributed by atoms with Crippen molar-refractivity contribution >= 4 is 0 Å². The van der Waals surface area contributed by atoms with E-state index in [0.717, 1.165) is 57.8 Å². The monoisotopic (exact) mass is 550 g/mol. The number of aryl methyl sites for hydroxylation is 3. The second kappa shape index (κ2) is 11.8. The zero-order valence-corrected chi connectivity index (χ0v) is 24.0. The van der Waals surface area contributed by atoms with Gasteiger partial charge in [0, 0.05) is 17.5 Å². The molecular formula is C33H34N4O4. The van der Waals surface area contributed by atoms with Crippen LogP contribution in [0.3, 0.4) is 0 Å². The smallest absolute Gasteiger partial charge is 0.439 e. The molecule has 8 heteroatoms. The van der Waals surface area contributed by atoms with E-state index in [2.05, 4.69) is 17.1 Å². The van der Waals surface area contributed by atoms with Crippen LogP contribution in [0.5, 0.6) is 5.75 Å². The first-order valence-corrected chi connectivity index (χ1v) is 13.9. The zero-order chi connectivity index (χ0) is 29.1. The van der Waals surface area contributed by atoms with E-state index in [1.807, 2.05) is 94.4 Å². The van der Waals surface area contributed by atoms with Crippen LogP contribution in [-0.2, 0) is 12.8 Å². The van der Waals surface area contributed by atoms with Gasteiger partial charge in [-0.1, -0.05) is 67.0 Å². The van der Waals surface area contributed by atoms with Gasteiger partial charge in [0.1, 0.15) is 11.6 Å². The second-order valence-electron chi connectivity index (χ2n) is 10.5. The lowest BCUT2D eigenvalue weighted by molar-refractivity contribution is 0.241. The van der Waals surface area contributed by atoms with Crippen molar-refractivity contribution in [1.82, 2.24) is 19.7 Å². The summed E-state index contributed by atoms with van der Waals surface area (Å²) in [6, 6.07) is 21.6. The first-order chi connectivity index (χ1) is 19.7. The molecule has 0 saturated heterocycles. The summed E-state index contributed by atoms with van der Waals surface area (Å²) in [6.07, 6.45) is 2.15. The lowest BCUT2D eigenvalue weighted by Crippen LogP contribution is -2.28. The summed E-state index contributed by atoms with van der Waals surface area (Å²) in [5.74, 6) is 1.25. The quantitative estimate of drug-likeness (QED) is 0.235. The van der Waals surface area contributed by atoms with E-state index in [0.29, 0.717) is 23.6 Å². The standard InChI is InChI=1S/C33H34N4O4/c1-6-9-29-28(32(38)37(22(5)34-29)25-16-17-30(21(4)18-25)40-20(2)3)19-23-12-14-24(15-13-23)26-10-7-8-11-27(26)31-35-33(39)41-36-31/h7-8,10-18,20H,6,9,19H2,1-5H3,(H,35,36,39). The summed E-state index contributed by atoms with van der Waals surface area (Å²) in [4.78, 5) is 33.0.